The topological polar surface area (TPSA) is 29.5 Å². The van der Waals surface area contributed by atoms with Crippen LogP contribution in [0.3, 0.4) is 0 Å². The van der Waals surface area contributed by atoms with Gasteiger partial charge >= 0.3 is 5.97 Å². The van der Waals surface area contributed by atoms with Crippen molar-refractivity contribution in [2.75, 3.05) is 13.1 Å². The molecule has 1 saturated heterocycles. The van der Waals surface area contributed by atoms with Crippen LogP contribution < -0.4 is 0 Å². The summed E-state index contributed by atoms with van der Waals surface area (Å²) in [4.78, 5) is 15.5. The van der Waals surface area contributed by atoms with Gasteiger partial charge in [0.25, 0.3) is 0 Å². The number of piperidine rings is 1. The van der Waals surface area contributed by atoms with Crippen molar-refractivity contribution < 1.29 is 9.63 Å². The Balaban J connectivity index is 2.36. The molecule has 66 valence electrons. The van der Waals surface area contributed by atoms with Crippen molar-refractivity contribution in [3.63, 3.8) is 0 Å². The van der Waals surface area contributed by atoms with Gasteiger partial charge in [0.05, 0.1) is 0 Å². The second-order valence-electron chi connectivity index (χ2n) is 2.98. The highest BCUT2D eigenvalue weighted by Crippen LogP contribution is 2.15. The van der Waals surface area contributed by atoms with E-state index >= 15 is 0 Å². The molecule has 0 aliphatic carbocycles. The van der Waals surface area contributed by atoms with Crippen molar-refractivity contribution in [2.45, 2.75) is 19.8 Å². The fraction of sp³-hybridized carbons (Fsp3) is 0.667. The Kier molecular flexibility index (Phi) is 3.12. The third kappa shape index (κ3) is 2.55. The smallest absolute Gasteiger partial charge is 0.322 e. The first-order valence-corrected chi connectivity index (χ1v) is 4.12. The van der Waals surface area contributed by atoms with Crippen LogP contribution >= 0.6 is 0 Å². The Hall–Kier alpha value is -1.01. The molecule has 0 bridgehead atoms. The van der Waals surface area contributed by atoms with Gasteiger partial charge in [0, 0.05) is 25.9 Å². The zero-order valence-corrected chi connectivity index (χ0v) is 7.25. The normalized spacial score (nSPS) is 24.5. The van der Waals surface area contributed by atoms with Gasteiger partial charge in [0.1, 0.15) is 0 Å². The molecule has 0 aromatic heterocycles. The summed E-state index contributed by atoms with van der Waals surface area (Å²) in [6.07, 6.45) is 7.32. The molecule has 1 unspecified atom stereocenters. The number of carbonyl (C=O) groups is 1. The number of carbonyl (C=O) groups excluding carboxylic acids is 1. The van der Waals surface area contributed by atoms with E-state index in [1.54, 1.807) is 5.06 Å². The average Bonchev–Trinajstić information content (AvgIpc) is 2.03. The third-order valence-corrected chi connectivity index (χ3v) is 1.88. The van der Waals surface area contributed by atoms with Gasteiger partial charge in [0.15, 0.2) is 0 Å². The highest BCUT2D eigenvalue weighted by atomic mass is 16.7. The molecule has 3 heteroatoms. The van der Waals surface area contributed by atoms with Crippen molar-refractivity contribution >= 4 is 5.97 Å². The van der Waals surface area contributed by atoms with Crippen LogP contribution in [0.1, 0.15) is 19.8 Å². The molecule has 1 heterocycles. The van der Waals surface area contributed by atoms with E-state index in [0.717, 1.165) is 19.4 Å². The first kappa shape index (κ1) is 9.08. The molecule has 0 amide bonds. The van der Waals surface area contributed by atoms with Gasteiger partial charge in [0.2, 0.25) is 0 Å². The van der Waals surface area contributed by atoms with Gasteiger partial charge in [-0.05, 0) is 12.8 Å². The lowest BCUT2D eigenvalue weighted by Crippen LogP contribution is -2.36. The summed E-state index contributed by atoms with van der Waals surface area (Å²) < 4.78 is 0. The van der Waals surface area contributed by atoms with Crippen LogP contribution in [0.15, 0.2) is 0 Å². The summed E-state index contributed by atoms with van der Waals surface area (Å²) in [7, 11) is 0. The minimum atomic E-state index is -0.271. The molecule has 0 N–H and O–H groups in total. The van der Waals surface area contributed by atoms with E-state index in [1.807, 2.05) is 0 Å². The molecule has 0 spiro atoms. The Bertz CT molecular complexity index is 207. The maximum atomic E-state index is 10.6. The molecule has 3 nitrogen and oxygen atoms in total. The number of hydrogen-bond acceptors (Lipinski definition) is 3. The lowest BCUT2D eigenvalue weighted by atomic mass is 10.0. The monoisotopic (exact) mass is 167 g/mol. The lowest BCUT2D eigenvalue weighted by molar-refractivity contribution is -0.193. The van der Waals surface area contributed by atoms with Crippen LogP contribution in [0, 0.1) is 18.3 Å². The fourth-order valence-electron chi connectivity index (χ4n) is 1.34. The van der Waals surface area contributed by atoms with Crippen molar-refractivity contribution in [2.24, 2.45) is 5.92 Å². The van der Waals surface area contributed by atoms with Crippen LogP contribution in [-0.2, 0) is 9.63 Å². The molecular weight excluding hydrogens is 154 g/mol. The summed E-state index contributed by atoms with van der Waals surface area (Å²) in [5.74, 6) is 2.64. The number of hydroxylamine groups is 2. The van der Waals surface area contributed by atoms with E-state index in [2.05, 4.69) is 5.92 Å². The van der Waals surface area contributed by atoms with E-state index in [1.165, 1.54) is 6.92 Å². The third-order valence-electron chi connectivity index (χ3n) is 1.88. The minimum absolute atomic E-state index is 0.234. The molecule has 1 aliphatic heterocycles. The first-order valence-electron chi connectivity index (χ1n) is 4.12. The van der Waals surface area contributed by atoms with Crippen molar-refractivity contribution in [3.05, 3.63) is 0 Å². The SMILES string of the molecule is C#CC1CCCN(OC(C)=O)C1. The molecule has 1 rings (SSSR count). The van der Waals surface area contributed by atoms with Gasteiger partial charge in [-0.25, -0.2) is 0 Å². The van der Waals surface area contributed by atoms with Crippen LogP contribution in [0.2, 0.25) is 0 Å². The van der Waals surface area contributed by atoms with Gasteiger partial charge in [-0.15, -0.1) is 17.4 Å². The molecular formula is C9H13NO2. The Morgan fingerprint density at radius 2 is 2.50 bits per heavy atom. The summed E-state index contributed by atoms with van der Waals surface area (Å²) in [6, 6.07) is 0. The zero-order chi connectivity index (χ0) is 8.97. The molecule has 0 aromatic carbocycles. The van der Waals surface area contributed by atoms with E-state index in [0.29, 0.717) is 6.54 Å². The summed E-state index contributed by atoms with van der Waals surface area (Å²) in [5, 5.41) is 1.65. The van der Waals surface area contributed by atoms with E-state index < -0.39 is 0 Å². The lowest BCUT2D eigenvalue weighted by Gasteiger charge is -2.27. The second kappa shape index (κ2) is 4.13. The first-order chi connectivity index (χ1) is 5.72. The van der Waals surface area contributed by atoms with E-state index in [9.17, 15) is 4.79 Å². The molecule has 0 radical (unpaired) electrons. The Morgan fingerprint density at radius 1 is 1.75 bits per heavy atom. The fourth-order valence-corrected chi connectivity index (χ4v) is 1.34. The van der Waals surface area contributed by atoms with Crippen molar-refractivity contribution in [3.8, 4) is 12.3 Å². The molecule has 12 heavy (non-hydrogen) atoms. The van der Waals surface area contributed by atoms with Crippen LogP contribution in [-0.4, -0.2) is 24.1 Å². The van der Waals surface area contributed by atoms with E-state index in [4.69, 9.17) is 11.3 Å². The molecule has 0 saturated carbocycles. The molecule has 1 atom stereocenters. The van der Waals surface area contributed by atoms with Gasteiger partial charge in [-0.1, -0.05) is 0 Å². The van der Waals surface area contributed by atoms with Gasteiger partial charge in [-0.3, -0.25) is 4.79 Å². The van der Waals surface area contributed by atoms with Crippen LogP contribution in [0.5, 0.6) is 0 Å². The molecule has 1 fully saturated rings. The summed E-state index contributed by atoms with van der Waals surface area (Å²) >= 11 is 0. The Labute approximate surface area is 72.6 Å². The Morgan fingerprint density at radius 3 is 3.08 bits per heavy atom. The maximum Gasteiger partial charge on any atom is 0.322 e. The van der Waals surface area contributed by atoms with Crippen molar-refractivity contribution in [1.29, 1.82) is 0 Å². The van der Waals surface area contributed by atoms with Crippen molar-refractivity contribution in [1.82, 2.24) is 5.06 Å². The number of terminal acetylenes is 1. The van der Waals surface area contributed by atoms with Gasteiger partial charge < -0.3 is 4.84 Å². The van der Waals surface area contributed by atoms with Crippen LogP contribution in [0.25, 0.3) is 0 Å². The molecule has 0 aromatic rings. The maximum absolute atomic E-state index is 10.6. The predicted molar refractivity (Wildman–Crippen MR) is 44.9 cm³/mol. The number of rotatable bonds is 1. The van der Waals surface area contributed by atoms with Gasteiger partial charge in [-0.2, -0.15) is 0 Å². The molecule has 1 aliphatic rings. The number of hydrogen-bond donors (Lipinski definition) is 0. The number of nitrogens with zero attached hydrogens (tertiary/aromatic N) is 1. The summed E-state index contributed by atoms with van der Waals surface area (Å²) in [6.45, 7) is 2.88. The average molecular weight is 167 g/mol. The standard InChI is InChI=1S/C9H13NO2/c1-3-9-5-4-6-10(7-9)12-8(2)11/h1,9H,4-7H2,2H3. The highest BCUT2D eigenvalue weighted by Gasteiger charge is 2.19. The quantitative estimate of drug-likeness (QED) is 0.541. The zero-order valence-electron chi connectivity index (χ0n) is 7.25. The predicted octanol–water partition coefficient (Wildman–Crippen LogP) is 0.810. The van der Waals surface area contributed by atoms with E-state index in [-0.39, 0.29) is 11.9 Å². The minimum Gasteiger partial charge on any atom is -0.368 e. The summed E-state index contributed by atoms with van der Waals surface area (Å²) in [5.41, 5.74) is 0. The highest BCUT2D eigenvalue weighted by molar-refractivity contribution is 5.65. The second-order valence-corrected chi connectivity index (χ2v) is 2.98. The largest absolute Gasteiger partial charge is 0.368 e. The van der Waals surface area contributed by atoms with Crippen LogP contribution in [0.4, 0.5) is 0 Å².